The van der Waals surface area contributed by atoms with Crippen molar-refractivity contribution >= 4 is 24.4 Å². The molecular weight excluding hydrogens is 745 g/mol. The Kier molecular flexibility index (Phi) is 24.6. The molecule has 16 heteroatoms. The summed E-state index contributed by atoms with van der Waals surface area (Å²) in [4.78, 5) is 59.0. The van der Waals surface area contributed by atoms with Crippen molar-refractivity contribution in [3.05, 3.63) is 0 Å². The van der Waals surface area contributed by atoms with Gasteiger partial charge < -0.3 is 59.8 Å². The number of carbonyl (C=O) groups excluding carboxylic acids is 4. The molecule has 0 spiro atoms. The third kappa shape index (κ3) is 31.9. The van der Waals surface area contributed by atoms with Crippen LogP contribution in [0, 0.1) is 0 Å². The summed E-state index contributed by atoms with van der Waals surface area (Å²) in [6.45, 7) is 35.0. The summed E-state index contributed by atoms with van der Waals surface area (Å²) >= 11 is 0. The summed E-state index contributed by atoms with van der Waals surface area (Å²) in [5.41, 5.74) is -2.17. The van der Waals surface area contributed by atoms with Gasteiger partial charge in [0.15, 0.2) is 0 Å². The van der Waals surface area contributed by atoms with Gasteiger partial charge in [0.1, 0.15) is 22.4 Å². The van der Waals surface area contributed by atoms with Crippen molar-refractivity contribution in [2.24, 2.45) is 0 Å². The Balaban J connectivity index is 3.03. The van der Waals surface area contributed by atoms with Gasteiger partial charge in [-0.1, -0.05) is 0 Å². The minimum Gasteiger partial charge on any atom is -0.444 e. The van der Waals surface area contributed by atoms with Gasteiger partial charge in [-0.15, -0.1) is 0 Å². The van der Waals surface area contributed by atoms with Crippen LogP contribution in [0.15, 0.2) is 0 Å². The van der Waals surface area contributed by atoms with E-state index in [0.717, 1.165) is 117 Å². The molecule has 1 fully saturated rings. The van der Waals surface area contributed by atoms with Gasteiger partial charge in [-0.25, -0.2) is 19.2 Å². The van der Waals surface area contributed by atoms with Crippen LogP contribution < -0.4 is 21.3 Å². The first-order chi connectivity index (χ1) is 26.9. The highest BCUT2D eigenvalue weighted by Gasteiger charge is 2.20. The molecular formula is C42H84N8O8. The number of nitrogens with one attached hydrogen (secondary N) is 4. The Morgan fingerprint density at radius 2 is 0.552 bits per heavy atom. The minimum atomic E-state index is -0.543. The number of hydrogen-bond acceptors (Lipinski definition) is 12. The Hall–Kier alpha value is -3.08. The predicted octanol–water partition coefficient (Wildman–Crippen LogP) is 5.65. The van der Waals surface area contributed by atoms with Crippen LogP contribution in [0.5, 0.6) is 0 Å². The van der Waals surface area contributed by atoms with Gasteiger partial charge in [-0.05, 0) is 174 Å². The van der Waals surface area contributed by atoms with Crippen LogP contribution in [0.4, 0.5) is 19.2 Å². The van der Waals surface area contributed by atoms with Crippen molar-refractivity contribution in [3.8, 4) is 0 Å². The smallest absolute Gasteiger partial charge is 0.407 e. The Labute approximate surface area is 351 Å². The van der Waals surface area contributed by atoms with Crippen molar-refractivity contribution < 1.29 is 38.1 Å². The molecule has 0 aromatic rings. The molecule has 1 rings (SSSR count). The predicted molar refractivity (Wildman–Crippen MR) is 230 cm³/mol. The van der Waals surface area contributed by atoms with Crippen molar-refractivity contribution in [1.29, 1.82) is 0 Å². The molecule has 0 bridgehead atoms. The summed E-state index contributed by atoms with van der Waals surface area (Å²) in [5, 5.41) is 11.6. The molecule has 0 unspecified atom stereocenters. The van der Waals surface area contributed by atoms with E-state index in [2.05, 4.69) is 40.9 Å². The van der Waals surface area contributed by atoms with E-state index in [-0.39, 0.29) is 0 Å². The van der Waals surface area contributed by atoms with Gasteiger partial charge in [0.2, 0.25) is 0 Å². The highest BCUT2D eigenvalue weighted by atomic mass is 16.6. The average molecular weight is 829 g/mol. The van der Waals surface area contributed by atoms with E-state index in [9.17, 15) is 19.2 Å². The van der Waals surface area contributed by atoms with E-state index in [1.54, 1.807) is 0 Å². The number of nitrogens with zero attached hydrogens (tertiary/aromatic N) is 4. The summed E-state index contributed by atoms with van der Waals surface area (Å²) in [7, 11) is 0. The van der Waals surface area contributed by atoms with Gasteiger partial charge in [0.05, 0.1) is 0 Å². The maximum atomic E-state index is 12.3. The molecule has 340 valence electrons. The van der Waals surface area contributed by atoms with E-state index in [1.165, 1.54) is 0 Å². The normalized spacial score (nSPS) is 16.8. The quantitative estimate of drug-likeness (QED) is 0.112. The maximum absolute atomic E-state index is 12.3. The summed E-state index contributed by atoms with van der Waals surface area (Å²) < 4.78 is 21.7. The number of rotatable bonds is 16. The third-order valence-electron chi connectivity index (χ3n) is 8.64. The second-order valence-corrected chi connectivity index (χ2v) is 19.2. The van der Waals surface area contributed by atoms with E-state index in [1.807, 2.05) is 83.1 Å². The highest BCUT2D eigenvalue weighted by Crippen LogP contribution is 2.10. The van der Waals surface area contributed by atoms with Gasteiger partial charge in [-0.2, -0.15) is 0 Å². The number of alkyl carbamates (subject to hydrolysis) is 4. The molecule has 0 atom stereocenters. The SMILES string of the molecule is CC(C)(C)OC(=O)NCCCN1CCCN(CCCNC(=O)OC(C)(C)C)CCN(CCCNC(=O)OC(C)(C)C)CCCN(CCCNC(=O)OC(C)(C)C)CC1. The molecule has 1 aliphatic heterocycles. The molecule has 1 aliphatic rings. The number of amides is 4. The van der Waals surface area contributed by atoms with E-state index in [0.29, 0.717) is 26.2 Å². The van der Waals surface area contributed by atoms with Crippen LogP contribution >= 0.6 is 0 Å². The van der Waals surface area contributed by atoms with E-state index < -0.39 is 46.8 Å². The molecule has 4 N–H and O–H groups in total. The fourth-order valence-electron chi connectivity index (χ4n) is 6.17. The number of carbonyl (C=O) groups is 4. The van der Waals surface area contributed by atoms with Gasteiger partial charge >= 0.3 is 24.4 Å². The van der Waals surface area contributed by atoms with E-state index >= 15 is 0 Å². The zero-order valence-corrected chi connectivity index (χ0v) is 38.6. The Bertz CT molecular complexity index is 1000. The van der Waals surface area contributed by atoms with Gasteiger partial charge in [0, 0.05) is 52.4 Å². The third-order valence-corrected chi connectivity index (χ3v) is 8.64. The largest absolute Gasteiger partial charge is 0.444 e. The molecule has 1 saturated heterocycles. The first kappa shape index (κ1) is 52.9. The highest BCUT2D eigenvalue weighted by molar-refractivity contribution is 5.68. The average Bonchev–Trinajstić information content (AvgIpc) is 3.05. The molecule has 4 amide bonds. The van der Waals surface area contributed by atoms with Crippen LogP contribution in [0.25, 0.3) is 0 Å². The second-order valence-electron chi connectivity index (χ2n) is 19.2. The number of hydrogen-bond donors (Lipinski definition) is 4. The molecule has 0 aromatic carbocycles. The lowest BCUT2D eigenvalue weighted by atomic mass is 10.2. The Morgan fingerprint density at radius 3 is 0.724 bits per heavy atom. The molecule has 16 nitrogen and oxygen atoms in total. The lowest BCUT2D eigenvalue weighted by Crippen LogP contribution is -2.43. The zero-order chi connectivity index (χ0) is 43.8. The molecule has 0 saturated carbocycles. The molecule has 58 heavy (non-hydrogen) atoms. The lowest BCUT2D eigenvalue weighted by Gasteiger charge is -2.32. The number of ether oxygens (including phenoxy) is 4. The molecule has 0 aliphatic carbocycles. The summed E-state index contributed by atoms with van der Waals surface area (Å²) in [6.07, 6.45) is 3.56. The minimum absolute atomic E-state index is 0.398. The van der Waals surface area contributed by atoms with Crippen molar-refractivity contribution in [2.45, 2.75) is 144 Å². The van der Waals surface area contributed by atoms with Crippen LogP contribution in [0.2, 0.25) is 0 Å². The molecule has 1 heterocycles. The van der Waals surface area contributed by atoms with Crippen LogP contribution in [0.1, 0.15) is 122 Å². The summed E-state index contributed by atoms with van der Waals surface area (Å²) in [6, 6.07) is 0. The van der Waals surface area contributed by atoms with Crippen LogP contribution in [0.3, 0.4) is 0 Å². The standard InChI is InChI=1S/C42H84N8O8/c1-39(2,3)55-35(51)43-19-13-23-47-27-17-28-49(25-15-21-45-37(53)57-41(7,8)9)33-34-50(26-16-22-46-38(54)58-42(10,11)12)30-18-29-48(32-31-47)24-14-20-44-36(52)56-40(4,5)6/h13-34H2,1-12H3,(H,43,51)(H,44,52)(H,45,53)(H,46,54). The van der Waals surface area contributed by atoms with Crippen LogP contribution in [-0.2, 0) is 18.9 Å². The van der Waals surface area contributed by atoms with Gasteiger partial charge in [0.25, 0.3) is 0 Å². The fraction of sp³-hybridized carbons (Fsp3) is 0.905. The monoisotopic (exact) mass is 829 g/mol. The molecule has 0 radical (unpaired) electrons. The van der Waals surface area contributed by atoms with Crippen molar-refractivity contribution in [3.63, 3.8) is 0 Å². The van der Waals surface area contributed by atoms with E-state index in [4.69, 9.17) is 18.9 Å². The van der Waals surface area contributed by atoms with Crippen LogP contribution in [-0.4, -0.2) is 171 Å². The van der Waals surface area contributed by atoms with Crippen molar-refractivity contribution in [2.75, 3.05) is 105 Å². The lowest BCUT2D eigenvalue weighted by molar-refractivity contribution is 0.0511. The molecule has 0 aromatic heterocycles. The van der Waals surface area contributed by atoms with Crippen molar-refractivity contribution in [1.82, 2.24) is 40.9 Å². The first-order valence-electron chi connectivity index (χ1n) is 21.7. The zero-order valence-electron chi connectivity index (χ0n) is 38.6. The maximum Gasteiger partial charge on any atom is 0.407 e. The summed E-state index contributed by atoms with van der Waals surface area (Å²) in [5.74, 6) is 0. The fourth-order valence-corrected chi connectivity index (χ4v) is 6.17. The van der Waals surface area contributed by atoms with Gasteiger partial charge in [-0.3, -0.25) is 0 Å². The topological polar surface area (TPSA) is 166 Å². The second kappa shape index (κ2) is 26.9. The first-order valence-corrected chi connectivity index (χ1v) is 21.7. The Morgan fingerprint density at radius 1 is 0.362 bits per heavy atom.